The highest BCUT2D eigenvalue weighted by Crippen LogP contribution is 2.27. The molecule has 0 saturated heterocycles. The summed E-state index contributed by atoms with van der Waals surface area (Å²) in [6.45, 7) is 3.30. The third kappa shape index (κ3) is 4.19. The molecule has 27 heavy (non-hydrogen) atoms. The molecule has 0 radical (unpaired) electrons. The third-order valence-electron chi connectivity index (χ3n) is 4.03. The Bertz CT molecular complexity index is 998. The Labute approximate surface area is 157 Å². The molecule has 1 aromatic carbocycles. The predicted octanol–water partition coefficient (Wildman–Crippen LogP) is 3.98. The predicted molar refractivity (Wildman–Crippen MR) is 93.7 cm³/mol. The summed E-state index contributed by atoms with van der Waals surface area (Å²) in [6, 6.07) is 6.68. The number of rotatable bonds is 4. The Morgan fingerprint density at radius 1 is 1.19 bits per heavy atom. The zero-order valence-electron chi connectivity index (χ0n) is 14.4. The molecule has 3 aromatic rings. The van der Waals surface area contributed by atoms with E-state index in [4.69, 9.17) is 11.6 Å². The number of benzene rings is 1. The van der Waals surface area contributed by atoms with Gasteiger partial charge in [-0.05, 0) is 50.1 Å². The molecule has 1 amide bonds. The first-order valence-corrected chi connectivity index (χ1v) is 8.38. The van der Waals surface area contributed by atoms with Crippen molar-refractivity contribution in [1.29, 1.82) is 0 Å². The Kier molecular flexibility index (Phi) is 5.05. The molecule has 0 bridgehead atoms. The van der Waals surface area contributed by atoms with Crippen LogP contribution < -0.4 is 5.32 Å². The van der Waals surface area contributed by atoms with Crippen LogP contribution in [0.3, 0.4) is 0 Å². The van der Waals surface area contributed by atoms with Crippen molar-refractivity contribution in [3.8, 4) is 0 Å². The average Bonchev–Trinajstić information content (AvgIpc) is 3.01. The maximum Gasteiger partial charge on any atom is 0.453 e. The fourth-order valence-electron chi connectivity index (χ4n) is 2.69. The van der Waals surface area contributed by atoms with Gasteiger partial charge >= 0.3 is 6.18 Å². The van der Waals surface area contributed by atoms with Gasteiger partial charge in [-0.1, -0.05) is 11.6 Å². The van der Waals surface area contributed by atoms with Crippen LogP contribution >= 0.6 is 11.6 Å². The van der Waals surface area contributed by atoms with Gasteiger partial charge in [0.15, 0.2) is 0 Å². The van der Waals surface area contributed by atoms with Crippen LogP contribution in [0.4, 0.5) is 18.9 Å². The number of fused-ring (bicyclic) bond motifs is 1. The monoisotopic (exact) mass is 397 g/mol. The Morgan fingerprint density at radius 3 is 2.48 bits per heavy atom. The maximum atomic E-state index is 12.8. The van der Waals surface area contributed by atoms with E-state index in [9.17, 15) is 18.0 Å². The quantitative estimate of drug-likeness (QED) is 0.722. The van der Waals surface area contributed by atoms with Crippen LogP contribution in [0.2, 0.25) is 5.02 Å². The van der Waals surface area contributed by atoms with E-state index in [0.717, 1.165) is 4.52 Å². The van der Waals surface area contributed by atoms with Crippen LogP contribution in [0.5, 0.6) is 0 Å². The second-order valence-corrected chi connectivity index (χ2v) is 6.40. The van der Waals surface area contributed by atoms with Crippen molar-refractivity contribution in [1.82, 2.24) is 19.6 Å². The lowest BCUT2D eigenvalue weighted by Crippen LogP contribution is -2.14. The summed E-state index contributed by atoms with van der Waals surface area (Å²) in [7, 11) is 0. The number of hydrogen-bond donors (Lipinski definition) is 1. The fraction of sp³-hybridized carbons (Fsp3) is 0.294. The molecule has 10 heteroatoms. The molecular weight excluding hydrogens is 383 g/mol. The molecule has 0 aliphatic rings. The van der Waals surface area contributed by atoms with Crippen molar-refractivity contribution in [2.45, 2.75) is 32.9 Å². The van der Waals surface area contributed by atoms with Crippen LogP contribution in [0, 0.1) is 13.8 Å². The van der Waals surface area contributed by atoms with Gasteiger partial charge < -0.3 is 5.32 Å². The normalized spacial score (nSPS) is 11.8. The molecule has 0 aliphatic carbocycles. The van der Waals surface area contributed by atoms with Gasteiger partial charge in [-0.2, -0.15) is 18.2 Å². The zero-order chi connectivity index (χ0) is 19.8. The SMILES string of the molecule is Cc1nc2nc(C(F)(F)F)nn2c(C)c1CCC(=O)Nc1ccc(Cl)cc1. The van der Waals surface area contributed by atoms with Crippen molar-refractivity contribution < 1.29 is 18.0 Å². The lowest BCUT2D eigenvalue weighted by atomic mass is 10.1. The zero-order valence-corrected chi connectivity index (χ0v) is 15.2. The molecule has 0 spiro atoms. The fourth-order valence-corrected chi connectivity index (χ4v) is 2.81. The van der Waals surface area contributed by atoms with Crippen molar-refractivity contribution in [2.75, 3.05) is 5.32 Å². The van der Waals surface area contributed by atoms with Gasteiger partial charge in [0.05, 0.1) is 0 Å². The number of amides is 1. The number of alkyl halides is 3. The number of anilines is 1. The van der Waals surface area contributed by atoms with Gasteiger partial charge in [0.2, 0.25) is 5.91 Å². The second kappa shape index (κ2) is 7.15. The molecular formula is C17H15ClF3N5O. The molecule has 0 atom stereocenters. The highest BCUT2D eigenvalue weighted by molar-refractivity contribution is 6.30. The Hall–Kier alpha value is -2.68. The molecule has 2 heterocycles. The van der Waals surface area contributed by atoms with E-state index in [-0.39, 0.29) is 18.1 Å². The average molecular weight is 398 g/mol. The van der Waals surface area contributed by atoms with Gasteiger partial charge in [0, 0.05) is 28.5 Å². The molecule has 0 fully saturated rings. The Balaban J connectivity index is 1.78. The number of nitrogens with one attached hydrogen (secondary N) is 1. The first kappa shape index (κ1) is 19.1. The molecule has 1 N–H and O–H groups in total. The summed E-state index contributed by atoms with van der Waals surface area (Å²) in [5, 5.41) is 6.79. The molecule has 6 nitrogen and oxygen atoms in total. The van der Waals surface area contributed by atoms with Crippen molar-refractivity contribution in [3.63, 3.8) is 0 Å². The van der Waals surface area contributed by atoms with Crippen LogP contribution in [0.1, 0.15) is 29.2 Å². The van der Waals surface area contributed by atoms with Gasteiger partial charge in [0.25, 0.3) is 11.6 Å². The highest BCUT2D eigenvalue weighted by Gasteiger charge is 2.36. The number of nitrogens with zero attached hydrogens (tertiary/aromatic N) is 4. The van der Waals surface area contributed by atoms with Crippen LogP contribution in [-0.4, -0.2) is 25.5 Å². The first-order valence-electron chi connectivity index (χ1n) is 8.00. The minimum Gasteiger partial charge on any atom is -0.326 e. The Morgan fingerprint density at radius 2 is 1.85 bits per heavy atom. The lowest BCUT2D eigenvalue weighted by Gasteiger charge is -2.10. The minimum atomic E-state index is -4.65. The molecule has 3 rings (SSSR count). The minimum absolute atomic E-state index is 0.119. The summed E-state index contributed by atoms with van der Waals surface area (Å²) < 4.78 is 39.5. The highest BCUT2D eigenvalue weighted by atomic mass is 35.5. The number of carbonyl (C=O) groups excluding carboxylic acids is 1. The number of hydrogen-bond acceptors (Lipinski definition) is 4. The maximum absolute atomic E-state index is 12.8. The molecule has 0 aliphatic heterocycles. The van der Waals surface area contributed by atoms with Crippen molar-refractivity contribution in [2.24, 2.45) is 0 Å². The standard InChI is InChI=1S/C17H15ClF3N5O/c1-9-13(7-8-14(27)23-12-5-3-11(18)4-6-12)10(2)26-16(22-9)24-15(25-26)17(19,20)21/h3-6H,7-8H2,1-2H3,(H,23,27). The summed E-state index contributed by atoms with van der Waals surface area (Å²) in [5.74, 6) is -1.59. The van der Waals surface area contributed by atoms with E-state index >= 15 is 0 Å². The van der Waals surface area contributed by atoms with E-state index in [1.807, 2.05) is 0 Å². The van der Waals surface area contributed by atoms with E-state index in [0.29, 0.717) is 34.1 Å². The van der Waals surface area contributed by atoms with E-state index in [2.05, 4.69) is 20.4 Å². The first-order chi connectivity index (χ1) is 12.6. The van der Waals surface area contributed by atoms with Gasteiger partial charge in [-0.3, -0.25) is 4.79 Å². The number of carbonyl (C=O) groups is 1. The topological polar surface area (TPSA) is 72.2 Å². The van der Waals surface area contributed by atoms with Gasteiger partial charge in [0.1, 0.15) is 0 Å². The summed E-state index contributed by atoms with van der Waals surface area (Å²) in [4.78, 5) is 19.7. The second-order valence-electron chi connectivity index (χ2n) is 5.96. The number of aryl methyl sites for hydroxylation is 2. The molecule has 142 valence electrons. The summed E-state index contributed by atoms with van der Waals surface area (Å²) >= 11 is 5.80. The molecule has 0 unspecified atom stereocenters. The molecule has 0 saturated carbocycles. The number of halogens is 4. The third-order valence-corrected chi connectivity index (χ3v) is 4.28. The van der Waals surface area contributed by atoms with Crippen LogP contribution in [0.25, 0.3) is 5.78 Å². The largest absolute Gasteiger partial charge is 0.453 e. The summed E-state index contributed by atoms with van der Waals surface area (Å²) in [6.07, 6.45) is -4.20. The van der Waals surface area contributed by atoms with E-state index < -0.39 is 12.0 Å². The summed E-state index contributed by atoms with van der Waals surface area (Å²) in [5.41, 5.74) is 2.25. The lowest BCUT2D eigenvalue weighted by molar-refractivity contribution is -0.144. The van der Waals surface area contributed by atoms with Crippen molar-refractivity contribution >= 4 is 29.0 Å². The molecule has 2 aromatic heterocycles. The smallest absolute Gasteiger partial charge is 0.326 e. The van der Waals surface area contributed by atoms with Gasteiger partial charge in [-0.25, -0.2) is 9.50 Å². The van der Waals surface area contributed by atoms with E-state index in [1.54, 1.807) is 38.1 Å². The van der Waals surface area contributed by atoms with Gasteiger partial charge in [-0.15, -0.1) is 5.10 Å². The van der Waals surface area contributed by atoms with E-state index in [1.165, 1.54) is 0 Å². The number of aromatic nitrogens is 4. The van der Waals surface area contributed by atoms with Crippen LogP contribution in [0.15, 0.2) is 24.3 Å². The van der Waals surface area contributed by atoms with Crippen LogP contribution in [-0.2, 0) is 17.4 Å². The van der Waals surface area contributed by atoms with Crippen molar-refractivity contribution in [3.05, 3.63) is 52.1 Å².